The van der Waals surface area contributed by atoms with Gasteiger partial charge in [0.2, 0.25) is 0 Å². The maximum Gasteiger partial charge on any atom is 0.0922 e. The van der Waals surface area contributed by atoms with Crippen molar-refractivity contribution in [2.24, 2.45) is 0 Å². The van der Waals surface area contributed by atoms with Gasteiger partial charge < -0.3 is 10.0 Å². The molecule has 0 spiro atoms. The van der Waals surface area contributed by atoms with Gasteiger partial charge in [-0.2, -0.15) is 0 Å². The van der Waals surface area contributed by atoms with E-state index in [1.807, 2.05) is 24.3 Å². The average molecular weight is 271 g/mol. The van der Waals surface area contributed by atoms with Crippen LogP contribution in [0.2, 0.25) is 0 Å². The molecular formula is C18H25NO. The Balaban J connectivity index is 2.20. The molecule has 0 bridgehead atoms. The minimum absolute atomic E-state index is 0.417. The lowest BCUT2D eigenvalue weighted by atomic mass is 10.00. The van der Waals surface area contributed by atoms with Gasteiger partial charge in [-0.3, -0.25) is 0 Å². The average Bonchev–Trinajstić information content (AvgIpc) is 2.47. The van der Waals surface area contributed by atoms with Crippen LogP contribution in [0.5, 0.6) is 0 Å². The Morgan fingerprint density at radius 2 is 1.60 bits per heavy atom. The second-order valence-corrected chi connectivity index (χ2v) is 5.38. The van der Waals surface area contributed by atoms with Gasteiger partial charge in [-0.15, -0.1) is 0 Å². The van der Waals surface area contributed by atoms with Crippen molar-refractivity contribution in [2.75, 3.05) is 19.6 Å². The molecule has 108 valence electrons. The van der Waals surface area contributed by atoms with E-state index in [9.17, 15) is 5.11 Å². The molecule has 0 saturated heterocycles. The fourth-order valence-corrected chi connectivity index (χ4v) is 2.81. The van der Waals surface area contributed by atoms with Crippen LogP contribution in [-0.4, -0.2) is 29.6 Å². The van der Waals surface area contributed by atoms with Gasteiger partial charge in [0.1, 0.15) is 0 Å². The highest BCUT2D eigenvalue weighted by atomic mass is 16.3. The Morgan fingerprint density at radius 3 is 2.30 bits per heavy atom. The number of nitrogens with zero attached hydrogens (tertiary/aromatic N) is 1. The number of benzene rings is 2. The molecule has 0 aliphatic rings. The van der Waals surface area contributed by atoms with Crippen LogP contribution >= 0.6 is 0 Å². The molecular weight excluding hydrogens is 246 g/mol. The van der Waals surface area contributed by atoms with Crippen molar-refractivity contribution in [3.8, 4) is 0 Å². The monoisotopic (exact) mass is 271 g/mol. The van der Waals surface area contributed by atoms with E-state index in [-0.39, 0.29) is 0 Å². The van der Waals surface area contributed by atoms with Gasteiger partial charge in [0, 0.05) is 6.54 Å². The zero-order valence-electron chi connectivity index (χ0n) is 12.5. The minimum Gasteiger partial charge on any atom is -0.387 e. The molecule has 2 heteroatoms. The first kappa shape index (κ1) is 15.0. The SMILES string of the molecule is CCCN(CCC)CC(O)c1cccc2ccccc12. The smallest absolute Gasteiger partial charge is 0.0922 e. The van der Waals surface area contributed by atoms with Crippen LogP contribution in [0.1, 0.15) is 38.4 Å². The van der Waals surface area contributed by atoms with Gasteiger partial charge in [0.15, 0.2) is 0 Å². The van der Waals surface area contributed by atoms with E-state index < -0.39 is 6.10 Å². The van der Waals surface area contributed by atoms with Crippen molar-refractivity contribution in [2.45, 2.75) is 32.8 Å². The molecule has 1 N–H and O–H groups in total. The molecule has 0 fully saturated rings. The largest absolute Gasteiger partial charge is 0.387 e. The maximum absolute atomic E-state index is 10.6. The van der Waals surface area contributed by atoms with Crippen LogP contribution in [0, 0.1) is 0 Å². The molecule has 0 saturated carbocycles. The summed E-state index contributed by atoms with van der Waals surface area (Å²) < 4.78 is 0. The van der Waals surface area contributed by atoms with Crippen LogP contribution in [0.15, 0.2) is 42.5 Å². The van der Waals surface area contributed by atoms with E-state index in [0.717, 1.165) is 43.4 Å². The van der Waals surface area contributed by atoms with Crippen molar-refractivity contribution in [3.05, 3.63) is 48.0 Å². The summed E-state index contributed by atoms with van der Waals surface area (Å²) in [6.07, 6.45) is 1.84. The summed E-state index contributed by atoms with van der Waals surface area (Å²) in [6, 6.07) is 14.4. The molecule has 2 aromatic carbocycles. The molecule has 0 aliphatic heterocycles. The molecule has 2 nitrogen and oxygen atoms in total. The first-order chi connectivity index (χ1) is 9.76. The highest BCUT2D eigenvalue weighted by molar-refractivity contribution is 5.85. The second-order valence-electron chi connectivity index (χ2n) is 5.38. The van der Waals surface area contributed by atoms with Crippen LogP contribution in [0.4, 0.5) is 0 Å². The van der Waals surface area contributed by atoms with Crippen LogP contribution in [0.25, 0.3) is 10.8 Å². The lowest BCUT2D eigenvalue weighted by Crippen LogP contribution is -2.30. The van der Waals surface area contributed by atoms with Gasteiger partial charge in [0.05, 0.1) is 6.10 Å². The normalized spacial score (nSPS) is 13.0. The summed E-state index contributed by atoms with van der Waals surface area (Å²) in [5.41, 5.74) is 1.04. The Kier molecular flexibility index (Phi) is 5.57. The molecule has 2 rings (SSSR count). The Bertz CT molecular complexity index is 526. The van der Waals surface area contributed by atoms with Crippen molar-refractivity contribution < 1.29 is 5.11 Å². The molecule has 2 aromatic rings. The van der Waals surface area contributed by atoms with Crippen molar-refractivity contribution in [3.63, 3.8) is 0 Å². The Hall–Kier alpha value is -1.38. The molecule has 0 amide bonds. The lowest BCUT2D eigenvalue weighted by molar-refractivity contribution is 0.114. The molecule has 0 aromatic heterocycles. The third-order valence-corrected chi connectivity index (χ3v) is 3.69. The van der Waals surface area contributed by atoms with Crippen molar-refractivity contribution in [1.82, 2.24) is 4.90 Å². The van der Waals surface area contributed by atoms with Gasteiger partial charge in [-0.1, -0.05) is 56.3 Å². The lowest BCUT2D eigenvalue weighted by Gasteiger charge is -2.25. The van der Waals surface area contributed by atoms with E-state index in [4.69, 9.17) is 0 Å². The third kappa shape index (κ3) is 3.59. The van der Waals surface area contributed by atoms with Gasteiger partial charge in [-0.05, 0) is 42.3 Å². The predicted molar refractivity (Wildman–Crippen MR) is 85.9 cm³/mol. The fourth-order valence-electron chi connectivity index (χ4n) is 2.81. The van der Waals surface area contributed by atoms with E-state index >= 15 is 0 Å². The van der Waals surface area contributed by atoms with Crippen LogP contribution < -0.4 is 0 Å². The number of hydrogen-bond acceptors (Lipinski definition) is 2. The summed E-state index contributed by atoms with van der Waals surface area (Å²) >= 11 is 0. The van der Waals surface area contributed by atoms with Crippen molar-refractivity contribution >= 4 is 10.8 Å². The number of hydrogen-bond donors (Lipinski definition) is 1. The summed E-state index contributed by atoms with van der Waals surface area (Å²) in [6.45, 7) is 7.20. The first-order valence-corrected chi connectivity index (χ1v) is 7.64. The molecule has 0 radical (unpaired) electrons. The predicted octanol–water partition coefficient (Wildman–Crippen LogP) is 4.00. The van der Waals surface area contributed by atoms with Gasteiger partial charge >= 0.3 is 0 Å². The quantitative estimate of drug-likeness (QED) is 0.823. The second kappa shape index (κ2) is 7.41. The summed E-state index contributed by atoms with van der Waals surface area (Å²) in [5, 5.41) is 13.0. The van der Waals surface area contributed by atoms with Crippen molar-refractivity contribution in [1.29, 1.82) is 0 Å². The van der Waals surface area contributed by atoms with Gasteiger partial charge in [0.25, 0.3) is 0 Å². The van der Waals surface area contributed by atoms with Crippen LogP contribution in [-0.2, 0) is 0 Å². The standard InChI is InChI=1S/C18H25NO/c1-3-12-19(13-4-2)14-18(20)17-11-7-9-15-8-5-6-10-16(15)17/h5-11,18,20H,3-4,12-14H2,1-2H3. The summed E-state index contributed by atoms with van der Waals surface area (Å²) in [4.78, 5) is 2.35. The zero-order valence-corrected chi connectivity index (χ0v) is 12.5. The Labute approximate surface area is 122 Å². The molecule has 1 unspecified atom stereocenters. The number of aliphatic hydroxyl groups is 1. The van der Waals surface area contributed by atoms with E-state index in [1.54, 1.807) is 0 Å². The zero-order chi connectivity index (χ0) is 14.4. The number of aliphatic hydroxyl groups excluding tert-OH is 1. The number of fused-ring (bicyclic) bond motifs is 1. The fraction of sp³-hybridized carbons (Fsp3) is 0.444. The van der Waals surface area contributed by atoms with E-state index in [0.29, 0.717) is 0 Å². The molecule has 1 atom stereocenters. The maximum atomic E-state index is 10.6. The van der Waals surface area contributed by atoms with E-state index in [2.05, 4.69) is 36.9 Å². The highest BCUT2D eigenvalue weighted by Crippen LogP contribution is 2.24. The third-order valence-electron chi connectivity index (χ3n) is 3.69. The van der Waals surface area contributed by atoms with Crippen LogP contribution in [0.3, 0.4) is 0 Å². The topological polar surface area (TPSA) is 23.5 Å². The highest BCUT2D eigenvalue weighted by Gasteiger charge is 2.14. The number of rotatable bonds is 7. The molecule has 0 aliphatic carbocycles. The van der Waals surface area contributed by atoms with Gasteiger partial charge in [-0.25, -0.2) is 0 Å². The molecule has 20 heavy (non-hydrogen) atoms. The molecule has 0 heterocycles. The minimum atomic E-state index is -0.417. The first-order valence-electron chi connectivity index (χ1n) is 7.64. The van der Waals surface area contributed by atoms with E-state index in [1.165, 1.54) is 5.39 Å². The summed E-state index contributed by atoms with van der Waals surface area (Å²) in [5.74, 6) is 0. The summed E-state index contributed by atoms with van der Waals surface area (Å²) in [7, 11) is 0. The Morgan fingerprint density at radius 1 is 0.950 bits per heavy atom.